The number of aromatic nitrogens is 1. The Bertz CT molecular complexity index is 446. The number of hydrogen-bond acceptors (Lipinski definition) is 5. The molecule has 0 aliphatic carbocycles. The Labute approximate surface area is 113 Å². The van der Waals surface area contributed by atoms with E-state index in [-0.39, 0.29) is 18.5 Å². The molecule has 106 valence electrons. The maximum Gasteiger partial charge on any atom is 0.173 e. The first-order valence-electron chi connectivity index (χ1n) is 6.34. The first-order valence-corrected chi connectivity index (χ1v) is 6.34. The van der Waals surface area contributed by atoms with E-state index < -0.39 is 0 Å². The number of pyridine rings is 1. The lowest BCUT2D eigenvalue weighted by atomic mass is 10.1. The van der Waals surface area contributed by atoms with Gasteiger partial charge in [0.15, 0.2) is 5.84 Å². The van der Waals surface area contributed by atoms with Crippen LogP contribution in [0.1, 0.15) is 31.5 Å². The minimum atomic E-state index is 0.0390. The zero-order valence-electron chi connectivity index (χ0n) is 11.7. The van der Waals surface area contributed by atoms with Crippen molar-refractivity contribution in [2.45, 2.75) is 33.2 Å². The van der Waals surface area contributed by atoms with E-state index in [1.165, 1.54) is 0 Å². The number of aliphatic hydroxyl groups excluding tert-OH is 1. The van der Waals surface area contributed by atoms with Gasteiger partial charge in [-0.05, 0) is 39.3 Å². The molecule has 19 heavy (non-hydrogen) atoms. The Morgan fingerprint density at radius 3 is 2.68 bits per heavy atom. The molecule has 0 unspecified atom stereocenters. The molecular weight excluding hydrogens is 244 g/mol. The Hall–Kier alpha value is -1.82. The van der Waals surface area contributed by atoms with E-state index in [0.717, 1.165) is 5.69 Å². The lowest BCUT2D eigenvalue weighted by molar-refractivity contribution is 0.288. The Morgan fingerprint density at radius 2 is 2.16 bits per heavy atom. The van der Waals surface area contributed by atoms with E-state index in [1.807, 2.05) is 31.7 Å². The van der Waals surface area contributed by atoms with Crippen molar-refractivity contribution >= 4 is 11.7 Å². The van der Waals surface area contributed by atoms with E-state index >= 15 is 0 Å². The third-order valence-electron chi connectivity index (χ3n) is 2.85. The van der Waals surface area contributed by atoms with Crippen LogP contribution in [0.2, 0.25) is 0 Å². The Kier molecular flexibility index (Phi) is 5.57. The molecule has 4 N–H and O–H groups in total. The summed E-state index contributed by atoms with van der Waals surface area (Å²) >= 11 is 0. The number of oxime groups is 1. The van der Waals surface area contributed by atoms with Crippen molar-refractivity contribution in [3.05, 3.63) is 23.4 Å². The molecule has 1 aromatic rings. The highest BCUT2D eigenvalue weighted by Crippen LogP contribution is 2.21. The maximum absolute atomic E-state index is 8.99. The summed E-state index contributed by atoms with van der Waals surface area (Å²) in [7, 11) is 0. The zero-order chi connectivity index (χ0) is 14.4. The largest absolute Gasteiger partial charge is 0.409 e. The maximum atomic E-state index is 8.99. The molecule has 0 fully saturated rings. The molecule has 0 aromatic carbocycles. The third-order valence-corrected chi connectivity index (χ3v) is 2.85. The highest BCUT2D eigenvalue weighted by Gasteiger charge is 2.18. The number of nitrogens with two attached hydrogens (primary N) is 1. The van der Waals surface area contributed by atoms with E-state index in [4.69, 9.17) is 16.0 Å². The monoisotopic (exact) mass is 266 g/mol. The van der Waals surface area contributed by atoms with Crippen LogP contribution in [0.5, 0.6) is 0 Å². The van der Waals surface area contributed by atoms with E-state index in [2.05, 4.69) is 10.1 Å². The summed E-state index contributed by atoms with van der Waals surface area (Å²) < 4.78 is 0. The summed E-state index contributed by atoms with van der Waals surface area (Å²) in [6.07, 6.45) is 0.642. The summed E-state index contributed by atoms with van der Waals surface area (Å²) in [5.74, 6) is 0.718. The Balaban J connectivity index is 3.23. The third kappa shape index (κ3) is 3.82. The fraction of sp³-hybridized carbons (Fsp3) is 0.538. The molecule has 1 aromatic heterocycles. The van der Waals surface area contributed by atoms with Gasteiger partial charge in [0.2, 0.25) is 0 Å². The van der Waals surface area contributed by atoms with Crippen molar-refractivity contribution in [1.82, 2.24) is 4.98 Å². The van der Waals surface area contributed by atoms with Gasteiger partial charge in [-0.1, -0.05) is 5.16 Å². The second-order valence-electron chi connectivity index (χ2n) is 4.67. The van der Waals surface area contributed by atoms with E-state index in [9.17, 15) is 0 Å². The quantitative estimate of drug-likeness (QED) is 0.310. The van der Waals surface area contributed by atoms with Gasteiger partial charge in [-0.25, -0.2) is 4.98 Å². The number of hydrogen-bond donors (Lipinski definition) is 3. The second kappa shape index (κ2) is 6.94. The van der Waals surface area contributed by atoms with Crippen molar-refractivity contribution < 1.29 is 10.3 Å². The van der Waals surface area contributed by atoms with E-state index in [0.29, 0.717) is 24.3 Å². The first-order chi connectivity index (χ1) is 9.01. The molecule has 6 nitrogen and oxygen atoms in total. The van der Waals surface area contributed by atoms with Crippen LogP contribution in [0, 0.1) is 6.92 Å². The highest BCUT2D eigenvalue weighted by molar-refractivity contribution is 6.01. The van der Waals surface area contributed by atoms with Crippen LogP contribution < -0.4 is 10.6 Å². The summed E-state index contributed by atoms with van der Waals surface area (Å²) in [6, 6.07) is 3.81. The number of aryl methyl sites for hydroxylation is 1. The fourth-order valence-corrected chi connectivity index (χ4v) is 1.87. The lowest BCUT2D eigenvalue weighted by Gasteiger charge is -2.29. The standard InChI is InChI=1S/C13H22N4O2/c1-9(2)17(7-4-8-18)13-11(12(14)16-19)6-5-10(3)15-13/h5-6,9,18-19H,4,7-8H2,1-3H3,(H2,14,16). The molecule has 0 spiro atoms. The van der Waals surface area contributed by atoms with Crippen molar-refractivity contribution in [2.24, 2.45) is 10.9 Å². The molecule has 0 amide bonds. The summed E-state index contributed by atoms with van der Waals surface area (Å²) in [5, 5.41) is 20.9. The zero-order valence-corrected chi connectivity index (χ0v) is 11.7. The van der Waals surface area contributed by atoms with Gasteiger partial charge in [-0.3, -0.25) is 0 Å². The molecule has 6 heteroatoms. The molecule has 0 aliphatic rings. The van der Waals surface area contributed by atoms with Crippen molar-refractivity contribution in [3.63, 3.8) is 0 Å². The Morgan fingerprint density at radius 1 is 1.47 bits per heavy atom. The molecule has 0 saturated carbocycles. The van der Waals surface area contributed by atoms with Gasteiger partial charge in [0.05, 0.1) is 5.56 Å². The van der Waals surface area contributed by atoms with Crippen LogP contribution in [0.3, 0.4) is 0 Å². The van der Waals surface area contributed by atoms with Gasteiger partial charge >= 0.3 is 0 Å². The van der Waals surface area contributed by atoms with Crippen molar-refractivity contribution in [1.29, 1.82) is 0 Å². The minimum Gasteiger partial charge on any atom is -0.409 e. The van der Waals surface area contributed by atoms with Crippen LogP contribution in [-0.2, 0) is 0 Å². The average molecular weight is 266 g/mol. The van der Waals surface area contributed by atoms with Gasteiger partial charge in [0.1, 0.15) is 5.82 Å². The summed E-state index contributed by atoms with van der Waals surface area (Å²) in [6.45, 7) is 6.75. The molecule has 1 heterocycles. The average Bonchev–Trinajstić information content (AvgIpc) is 2.38. The van der Waals surface area contributed by atoms with Crippen LogP contribution >= 0.6 is 0 Å². The van der Waals surface area contributed by atoms with Crippen LogP contribution in [0.25, 0.3) is 0 Å². The molecule has 0 radical (unpaired) electrons. The molecular formula is C13H22N4O2. The van der Waals surface area contributed by atoms with Crippen molar-refractivity contribution in [3.8, 4) is 0 Å². The predicted octanol–water partition coefficient (Wildman–Crippen LogP) is 1.08. The molecule has 0 atom stereocenters. The normalized spacial score (nSPS) is 11.9. The number of rotatable bonds is 6. The second-order valence-corrected chi connectivity index (χ2v) is 4.67. The van der Waals surface area contributed by atoms with Crippen LogP contribution in [0.4, 0.5) is 5.82 Å². The minimum absolute atomic E-state index is 0.0390. The van der Waals surface area contributed by atoms with E-state index in [1.54, 1.807) is 6.07 Å². The first kappa shape index (κ1) is 15.2. The van der Waals surface area contributed by atoms with Crippen LogP contribution in [0.15, 0.2) is 17.3 Å². The van der Waals surface area contributed by atoms with Gasteiger partial charge in [-0.15, -0.1) is 0 Å². The summed E-state index contributed by atoms with van der Waals surface area (Å²) in [5.41, 5.74) is 7.15. The predicted molar refractivity (Wildman–Crippen MR) is 75.7 cm³/mol. The molecule has 1 rings (SSSR count). The topological polar surface area (TPSA) is 95.0 Å². The van der Waals surface area contributed by atoms with Gasteiger partial charge in [-0.2, -0.15) is 0 Å². The molecule has 0 saturated heterocycles. The highest BCUT2D eigenvalue weighted by atomic mass is 16.4. The molecule has 0 aliphatic heterocycles. The van der Waals surface area contributed by atoms with Gasteiger partial charge < -0.3 is 20.9 Å². The van der Waals surface area contributed by atoms with Crippen molar-refractivity contribution in [2.75, 3.05) is 18.1 Å². The molecule has 0 bridgehead atoms. The van der Waals surface area contributed by atoms with Crippen LogP contribution in [-0.4, -0.2) is 40.3 Å². The smallest absolute Gasteiger partial charge is 0.173 e. The SMILES string of the molecule is Cc1ccc(C(N)=NO)c(N(CCCO)C(C)C)n1. The number of anilines is 1. The van der Waals surface area contributed by atoms with Gasteiger partial charge in [0.25, 0.3) is 0 Å². The number of amidine groups is 1. The fourth-order valence-electron chi connectivity index (χ4n) is 1.87. The number of nitrogens with zero attached hydrogens (tertiary/aromatic N) is 3. The van der Waals surface area contributed by atoms with Gasteiger partial charge in [0, 0.05) is 24.9 Å². The number of aliphatic hydroxyl groups is 1. The lowest BCUT2D eigenvalue weighted by Crippen LogP contribution is -2.35. The summed E-state index contributed by atoms with van der Waals surface area (Å²) in [4.78, 5) is 6.53.